The quantitative estimate of drug-likeness (QED) is 0.748. The van der Waals surface area contributed by atoms with Crippen molar-refractivity contribution in [2.75, 3.05) is 29.1 Å². The first-order valence-electron chi connectivity index (χ1n) is 9.04. The zero-order valence-electron chi connectivity index (χ0n) is 15.7. The summed E-state index contributed by atoms with van der Waals surface area (Å²) in [4.78, 5) is 7.21. The molecule has 0 aromatic heterocycles. The van der Waals surface area contributed by atoms with Crippen LogP contribution in [0.1, 0.15) is 31.0 Å². The average Bonchev–Trinajstić information content (AvgIpc) is 3.13. The molecule has 0 saturated carbocycles. The number of anilines is 2. The third kappa shape index (κ3) is 4.14. The van der Waals surface area contributed by atoms with Gasteiger partial charge in [-0.2, -0.15) is 0 Å². The van der Waals surface area contributed by atoms with Crippen molar-refractivity contribution in [1.29, 1.82) is 0 Å². The standard InChI is InChI=1S/C20H27N5S/c1-4-25(5-2)17-10-11-18(14(3)12-17)22-20-23-19(13-26-20)15-6-8-16(24-21)9-7-15/h6-12,19H,4-5,13H2,1-3,21H3,(H,22,23). The van der Waals surface area contributed by atoms with E-state index in [1.165, 1.54) is 16.8 Å². The SMILES string of the molecule is CCN(CC)c1ccc(NC2=NC(c3ccc([N-][NH3+])cc3)CS2)c(C)c1. The highest BCUT2D eigenvalue weighted by Gasteiger charge is 2.20. The highest BCUT2D eigenvalue weighted by molar-refractivity contribution is 8.14. The number of quaternary nitrogens is 1. The number of nitrogens with zero attached hydrogens (tertiary/aromatic N) is 3. The predicted molar refractivity (Wildman–Crippen MR) is 113 cm³/mol. The lowest BCUT2D eigenvalue weighted by Gasteiger charge is -2.22. The number of aryl methyl sites for hydroxylation is 1. The lowest BCUT2D eigenvalue weighted by molar-refractivity contribution is -0.294. The second-order valence-electron chi connectivity index (χ2n) is 6.31. The van der Waals surface area contributed by atoms with E-state index >= 15 is 0 Å². The summed E-state index contributed by atoms with van der Waals surface area (Å²) in [5.74, 6) is 4.52. The maximum absolute atomic E-state index is 4.85. The average molecular weight is 370 g/mol. The first-order valence-corrected chi connectivity index (χ1v) is 10.0. The fourth-order valence-electron chi connectivity index (χ4n) is 3.10. The van der Waals surface area contributed by atoms with Gasteiger partial charge in [0.25, 0.3) is 0 Å². The second-order valence-corrected chi connectivity index (χ2v) is 7.32. The first kappa shape index (κ1) is 18.6. The highest BCUT2D eigenvalue weighted by Crippen LogP contribution is 2.33. The molecule has 26 heavy (non-hydrogen) atoms. The van der Waals surface area contributed by atoms with Crippen LogP contribution < -0.4 is 16.1 Å². The van der Waals surface area contributed by atoms with Gasteiger partial charge < -0.3 is 21.5 Å². The number of hydrogen-bond donors (Lipinski definition) is 2. The smallest absolute Gasteiger partial charge is 0.161 e. The summed E-state index contributed by atoms with van der Waals surface area (Å²) < 4.78 is 0. The van der Waals surface area contributed by atoms with Gasteiger partial charge in [-0.05, 0) is 50.1 Å². The Bertz CT molecular complexity index is 768. The van der Waals surface area contributed by atoms with Crippen molar-refractivity contribution in [3.05, 3.63) is 59.0 Å². The fraction of sp³-hybridized carbons (Fsp3) is 0.350. The number of amidine groups is 1. The Morgan fingerprint density at radius 2 is 1.92 bits per heavy atom. The zero-order valence-corrected chi connectivity index (χ0v) is 16.5. The zero-order chi connectivity index (χ0) is 18.5. The maximum atomic E-state index is 4.85. The van der Waals surface area contributed by atoms with Crippen LogP contribution in [0.3, 0.4) is 0 Å². The van der Waals surface area contributed by atoms with Crippen molar-refractivity contribution in [3.63, 3.8) is 0 Å². The number of rotatable bonds is 6. The number of nitrogens with one attached hydrogen (secondary N) is 1. The van der Waals surface area contributed by atoms with Crippen LogP contribution in [-0.2, 0) is 0 Å². The van der Waals surface area contributed by atoms with E-state index in [-0.39, 0.29) is 6.04 Å². The number of benzene rings is 2. The molecular formula is C20H27N5S. The van der Waals surface area contributed by atoms with Gasteiger partial charge in [0.05, 0.1) is 6.04 Å². The molecule has 2 aromatic rings. The van der Waals surface area contributed by atoms with Crippen molar-refractivity contribution in [2.24, 2.45) is 4.99 Å². The van der Waals surface area contributed by atoms with E-state index in [4.69, 9.17) is 4.99 Å². The highest BCUT2D eigenvalue weighted by atomic mass is 32.2. The predicted octanol–water partition coefficient (Wildman–Crippen LogP) is 4.26. The van der Waals surface area contributed by atoms with E-state index in [1.54, 1.807) is 11.8 Å². The van der Waals surface area contributed by atoms with Crippen LogP contribution in [-0.4, -0.2) is 24.0 Å². The minimum Gasteiger partial charge on any atom is -0.492 e. The van der Waals surface area contributed by atoms with Gasteiger partial charge >= 0.3 is 0 Å². The minimum absolute atomic E-state index is 0.191. The lowest BCUT2D eigenvalue weighted by atomic mass is 10.1. The topological polar surface area (TPSA) is 69.4 Å². The molecule has 0 aliphatic carbocycles. The molecule has 1 aliphatic heterocycles. The minimum atomic E-state index is 0.191. The Labute approximate surface area is 160 Å². The summed E-state index contributed by atoms with van der Waals surface area (Å²) in [6, 6.07) is 14.9. The van der Waals surface area contributed by atoms with Gasteiger partial charge in [0, 0.05) is 30.2 Å². The van der Waals surface area contributed by atoms with Crippen LogP contribution >= 0.6 is 11.8 Å². The molecule has 0 amide bonds. The molecular weight excluding hydrogens is 342 g/mol. The molecule has 4 N–H and O–H groups in total. The molecule has 1 unspecified atom stereocenters. The molecule has 1 atom stereocenters. The summed E-state index contributed by atoms with van der Waals surface area (Å²) in [5.41, 5.74) is 9.69. The molecule has 0 saturated heterocycles. The van der Waals surface area contributed by atoms with Gasteiger partial charge in [-0.15, -0.1) is 0 Å². The molecule has 0 radical (unpaired) electrons. The molecule has 0 spiro atoms. The van der Waals surface area contributed by atoms with E-state index in [2.05, 4.69) is 72.6 Å². The Morgan fingerprint density at radius 1 is 1.19 bits per heavy atom. The van der Waals surface area contributed by atoms with Crippen LogP contribution in [0.25, 0.3) is 5.43 Å². The van der Waals surface area contributed by atoms with Crippen LogP contribution in [0.4, 0.5) is 17.1 Å². The Morgan fingerprint density at radius 3 is 2.54 bits per heavy atom. The van der Waals surface area contributed by atoms with Crippen molar-refractivity contribution in [3.8, 4) is 0 Å². The van der Waals surface area contributed by atoms with E-state index in [0.29, 0.717) is 0 Å². The molecule has 3 rings (SSSR count). The number of hydrogen-bond acceptors (Lipinski definition) is 4. The molecule has 2 aromatic carbocycles. The van der Waals surface area contributed by atoms with Gasteiger partial charge in [0.1, 0.15) is 0 Å². The Kier molecular flexibility index (Phi) is 6.06. The van der Waals surface area contributed by atoms with Gasteiger partial charge in [0.2, 0.25) is 0 Å². The van der Waals surface area contributed by atoms with Crippen LogP contribution in [0, 0.1) is 6.92 Å². The first-order chi connectivity index (χ1) is 12.6. The van der Waals surface area contributed by atoms with E-state index < -0.39 is 0 Å². The van der Waals surface area contributed by atoms with Crippen molar-refractivity contribution in [2.45, 2.75) is 26.8 Å². The Hall–Kier alpha value is -2.18. The second kappa shape index (κ2) is 8.47. The van der Waals surface area contributed by atoms with Crippen LogP contribution in [0.15, 0.2) is 47.5 Å². The van der Waals surface area contributed by atoms with Crippen molar-refractivity contribution >= 4 is 34.0 Å². The van der Waals surface area contributed by atoms with Crippen LogP contribution in [0.5, 0.6) is 0 Å². The summed E-state index contributed by atoms with van der Waals surface area (Å²) in [6.07, 6.45) is 0. The third-order valence-corrected chi connectivity index (χ3v) is 5.65. The van der Waals surface area contributed by atoms with Crippen molar-refractivity contribution in [1.82, 2.24) is 0 Å². The number of thioether (sulfide) groups is 1. The molecule has 5 nitrogen and oxygen atoms in total. The molecule has 0 bridgehead atoms. The summed E-state index contributed by atoms with van der Waals surface area (Å²) in [7, 11) is 0. The third-order valence-electron chi connectivity index (χ3n) is 4.69. The van der Waals surface area contributed by atoms with Gasteiger partial charge in [-0.25, -0.2) is 0 Å². The molecule has 1 aliphatic rings. The monoisotopic (exact) mass is 369 g/mol. The molecule has 6 heteroatoms. The summed E-state index contributed by atoms with van der Waals surface area (Å²) in [5, 5.41) is 4.49. The van der Waals surface area contributed by atoms with Gasteiger partial charge in [-0.1, -0.05) is 41.7 Å². The Balaban J connectivity index is 1.70. The summed E-state index contributed by atoms with van der Waals surface area (Å²) >= 11 is 1.77. The normalized spacial score (nSPS) is 16.3. The number of aliphatic imine (C=N–C) groups is 1. The molecule has 138 valence electrons. The molecule has 1 heterocycles. The maximum Gasteiger partial charge on any atom is 0.161 e. The largest absolute Gasteiger partial charge is 0.492 e. The lowest BCUT2D eigenvalue weighted by Crippen LogP contribution is -2.40. The van der Waals surface area contributed by atoms with E-state index in [0.717, 1.165) is 35.4 Å². The van der Waals surface area contributed by atoms with Gasteiger partial charge in [0.15, 0.2) is 5.17 Å². The van der Waals surface area contributed by atoms with E-state index in [9.17, 15) is 0 Å². The fourth-order valence-corrected chi connectivity index (χ4v) is 4.07. The van der Waals surface area contributed by atoms with Gasteiger partial charge in [-0.3, -0.25) is 4.99 Å². The summed E-state index contributed by atoms with van der Waals surface area (Å²) in [6.45, 7) is 8.56. The molecule has 0 fully saturated rings. The van der Waals surface area contributed by atoms with E-state index in [1.807, 2.05) is 12.1 Å². The van der Waals surface area contributed by atoms with Crippen molar-refractivity contribution < 1.29 is 5.84 Å². The van der Waals surface area contributed by atoms with Crippen LogP contribution in [0.2, 0.25) is 0 Å².